The molecule has 1 unspecified atom stereocenters. The minimum atomic E-state index is 0. The van der Waals surface area contributed by atoms with Crippen LogP contribution in [0.4, 0.5) is 0 Å². The van der Waals surface area contributed by atoms with Gasteiger partial charge < -0.3 is 19.7 Å². The number of thioether (sulfide) groups is 1. The fraction of sp³-hybridized carbons (Fsp3) is 0.941. The third-order valence-electron chi connectivity index (χ3n) is 5.64. The number of nitrogens with zero attached hydrogens (tertiary/aromatic N) is 3. The Morgan fingerprint density at radius 1 is 1.16 bits per heavy atom. The molecule has 3 fully saturated rings. The van der Waals surface area contributed by atoms with Crippen LogP contribution in [-0.2, 0) is 9.47 Å². The van der Waals surface area contributed by atoms with Crippen molar-refractivity contribution in [3.05, 3.63) is 0 Å². The first kappa shape index (κ1) is 21.5. The van der Waals surface area contributed by atoms with Crippen LogP contribution in [0.2, 0.25) is 0 Å². The Morgan fingerprint density at radius 3 is 2.48 bits per heavy atom. The smallest absolute Gasteiger partial charge is 0.193 e. The first-order chi connectivity index (χ1) is 11.8. The van der Waals surface area contributed by atoms with Crippen LogP contribution in [0.15, 0.2) is 4.99 Å². The molecule has 3 heterocycles. The number of likely N-dealkylation sites (tertiary alicyclic amines) is 1. The quantitative estimate of drug-likeness (QED) is 0.371. The number of hydrogen-bond donors (Lipinski definition) is 1. The molecule has 3 saturated heterocycles. The van der Waals surface area contributed by atoms with Gasteiger partial charge >= 0.3 is 0 Å². The monoisotopic (exact) mass is 484 g/mol. The second-order valence-corrected chi connectivity index (χ2v) is 8.21. The van der Waals surface area contributed by atoms with E-state index in [1.54, 1.807) is 0 Å². The third kappa shape index (κ3) is 5.60. The van der Waals surface area contributed by atoms with E-state index in [4.69, 9.17) is 9.47 Å². The van der Waals surface area contributed by atoms with Crippen LogP contribution in [0.3, 0.4) is 0 Å². The summed E-state index contributed by atoms with van der Waals surface area (Å²) in [7, 11) is 1.90. The lowest BCUT2D eigenvalue weighted by molar-refractivity contribution is 0.0194. The summed E-state index contributed by atoms with van der Waals surface area (Å²) in [5.74, 6) is 1.06. The summed E-state index contributed by atoms with van der Waals surface area (Å²) in [5.41, 5.74) is 0. The van der Waals surface area contributed by atoms with Gasteiger partial charge in [-0.25, -0.2) is 0 Å². The van der Waals surface area contributed by atoms with Crippen LogP contribution < -0.4 is 5.32 Å². The predicted octanol–water partition coefficient (Wildman–Crippen LogP) is 1.50. The summed E-state index contributed by atoms with van der Waals surface area (Å²) in [6.07, 6.45) is 5.69. The van der Waals surface area contributed by atoms with Gasteiger partial charge in [0, 0.05) is 63.8 Å². The van der Waals surface area contributed by atoms with Crippen LogP contribution in [0.1, 0.15) is 19.3 Å². The molecule has 1 N–H and O–H groups in total. The third-order valence-corrected chi connectivity index (χ3v) is 7.06. The normalized spacial score (nSPS) is 27.8. The second-order valence-electron chi connectivity index (χ2n) is 6.94. The molecule has 0 amide bonds. The van der Waals surface area contributed by atoms with Crippen LogP contribution in [0.25, 0.3) is 0 Å². The molecule has 8 heteroatoms. The van der Waals surface area contributed by atoms with Gasteiger partial charge in [-0.05, 0) is 25.5 Å². The van der Waals surface area contributed by atoms with Crippen molar-refractivity contribution in [2.24, 2.45) is 4.99 Å². The Hall–Kier alpha value is 0.230. The molecule has 0 aromatic heterocycles. The van der Waals surface area contributed by atoms with Gasteiger partial charge in [-0.1, -0.05) is 0 Å². The number of ether oxygens (including phenoxy) is 2. The molecule has 3 aliphatic rings. The van der Waals surface area contributed by atoms with Crippen molar-refractivity contribution in [2.75, 3.05) is 72.5 Å². The van der Waals surface area contributed by atoms with Gasteiger partial charge in [0.25, 0.3) is 0 Å². The molecule has 0 aromatic carbocycles. The van der Waals surface area contributed by atoms with Crippen molar-refractivity contribution >= 4 is 41.7 Å². The highest BCUT2D eigenvalue weighted by Gasteiger charge is 2.34. The highest BCUT2D eigenvalue weighted by atomic mass is 127. The van der Waals surface area contributed by atoms with E-state index in [0.717, 1.165) is 78.0 Å². The first-order valence-electron chi connectivity index (χ1n) is 9.17. The van der Waals surface area contributed by atoms with Crippen LogP contribution in [-0.4, -0.2) is 99.0 Å². The van der Waals surface area contributed by atoms with E-state index in [1.807, 2.05) is 18.8 Å². The van der Waals surface area contributed by atoms with Crippen molar-refractivity contribution in [3.63, 3.8) is 0 Å². The lowest BCUT2D eigenvalue weighted by Crippen LogP contribution is -2.50. The van der Waals surface area contributed by atoms with E-state index < -0.39 is 0 Å². The maximum atomic E-state index is 5.54. The van der Waals surface area contributed by atoms with Gasteiger partial charge in [-0.3, -0.25) is 9.89 Å². The Bertz CT molecular complexity index is 429. The van der Waals surface area contributed by atoms with E-state index >= 15 is 0 Å². The van der Waals surface area contributed by atoms with E-state index in [1.165, 1.54) is 6.42 Å². The lowest BCUT2D eigenvalue weighted by Gasteiger charge is -2.37. The lowest BCUT2D eigenvalue weighted by atomic mass is 9.99. The number of halogens is 1. The van der Waals surface area contributed by atoms with Gasteiger partial charge in [0.2, 0.25) is 0 Å². The summed E-state index contributed by atoms with van der Waals surface area (Å²) in [4.78, 5) is 9.55. The topological polar surface area (TPSA) is 49.3 Å². The molecule has 0 spiro atoms. The molecule has 1 atom stereocenters. The molecule has 0 aliphatic carbocycles. The van der Waals surface area contributed by atoms with Crippen molar-refractivity contribution < 1.29 is 9.47 Å². The first-order valence-corrected chi connectivity index (χ1v) is 10.4. The Kier molecular flexibility index (Phi) is 9.07. The standard InChI is InChI=1S/C17H32N4O2S.HI/c1-18-16(19-14-17(24-2)4-9-22-10-5-17)21-6-3-15(13-21)20-7-11-23-12-8-20;/h15H,3-14H2,1-2H3,(H,18,19);1H. The number of hydrogen-bond acceptors (Lipinski definition) is 5. The molecule has 0 radical (unpaired) electrons. The van der Waals surface area contributed by atoms with Gasteiger partial charge in [0.05, 0.1) is 13.2 Å². The minimum absolute atomic E-state index is 0. The van der Waals surface area contributed by atoms with Crippen molar-refractivity contribution in [3.8, 4) is 0 Å². The highest BCUT2D eigenvalue weighted by molar-refractivity contribution is 14.0. The van der Waals surface area contributed by atoms with Crippen molar-refractivity contribution in [1.29, 1.82) is 0 Å². The summed E-state index contributed by atoms with van der Waals surface area (Å²) >= 11 is 1.97. The molecule has 0 saturated carbocycles. The maximum Gasteiger partial charge on any atom is 0.193 e. The minimum Gasteiger partial charge on any atom is -0.381 e. The molecular formula is C17H33IN4O2S. The number of rotatable bonds is 4. The van der Waals surface area contributed by atoms with Crippen molar-refractivity contribution in [2.45, 2.75) is 30.1 Å². The van der Waals surface area contributed by atoms with Crippen LogP contribution in [0.5, 0.6) is 0 Å². The molecule has 0 bridgehead atoms. The van der Waals surface area contributed by atoms with Gasteiger partial charge in [-0.15, -0.1) is 24.0 Å². The fourth-order valence-electron chi connectivity index (χ4n) is 3.94. The number of nitrogens with one attached hydrogen (secondary N) is 1. The van der Waals surface area contributed by atoms with E-state index in [2.05, 4.69) is 26.4 Å². The molecule has 25 heavy (non-hydrogen) atoms. The predicted molar refractivity (Wildman–Crippen MR) is 115 cm³/mol. The van der Waals surface area contributed by atoms with Gasteiger partial charge in [-0.2, -0.15) is 11.8 Å². The van der Waals surface area contributed by atoms with Crippen LogP contribution >= 0.6 is 35.7 Å². The summed E-state index contributed by atoms with van der Waals surface area (Å²) in [5, 5.41) is 3.65. The molecule has 146 valence electrons. The number of aliphatic imine (C=N–C) groups is 1. The average Bonchev–Trinajstić information content (AvgIpc) is 3.14. The van der Waals surface area contributed by atoms with Crippen LogP contribution in [0, 0.1) is 0 Å². The maximum absolute atomic E-state index is 5.54. The molecule has 3 aliphatic heterocycles. The molecule has 6 nitrogen and oxygen atoms in total. The molecular weight excluding hydrogens is 451 g/mol. The summed E-state index contributed by atoms with van der Waals surface area (Å²) in [6, 6.07) is 0.644. The number of morpholine rings is 1. The molecule has 3 rings (SSSR count). The summed E-state index contributed by atoms with van der Waals surface area (Å²) < 4.78 is 11.3. The Labute approximate surface area is 173 Å². The van der Waals surface area contributed by atoms with Crippen molar-refractivity contribution in [1.82, 2.24) is 15.1 Å². The Balaban J connectivity index is 0.00000225. The van der Waals surface area contributed by atoms with E-state index in [0.29, 0.717) is 6.04 Å². The fourth-order valence-corrected chi connectivity index (χ4v) is 4.74. The Morgan fingerprint density at radius 2 is 1.84 bits per heavy atom. The zero-order chi connectivity index (χ0) is 16.8. The average molecular weight is 484 g/mol. The van der Waals surface area contributed by atoms with E-state index in [9.17, 15) is 0 Å². The summed E-state index contributed by atoms with van der Waals surface area (Å²) in [6.45, 7) is 8.80. The number of guanidine groups is 1. The van der Waals surface area contributed by atoms with Gasteiger partial charge in [0.15, 0.2) is 5.96 Å². The largest absolute Gasteiger partial charge is 0.381 e. The molecule has 0 aromatic rings. The van der Waals surface area contributed by atoms with E-state index in [-0.39, 0.29) is 28.7 Å². The SMILES string of the molecule is CN=C(NCC1(SC)CCOCC1)N1CCC(N2CCOCC2)C1.I. The zero-order valence-electron chi connectivity index (χ0n) is 15.5. The zero-order valence-corrected chi connectivity index (χ0v) is 18.7. The second kappa shape index (κ2) is 10.5. The van der Waals surface area contributed by atoms with Gasteiger partial charge in [0.1, 0.15) is 0 Å². The highest BCUT2D eigenvalue weighted by Crippen LogP contribution is 2.33.